The highest BCUT2D eigenvalue weighted by Gasteiger charge is 2.45. The third kappa shape index (κ3) is 5.89. The van der Waals surface area contributed by atoms with Gasteiger partial charge in [-0.15, -0.1) is 0 Å². The van der Waals surface area contributed by atoms with E-state index in [4.69, 9.17) is 9.47 Å². The van der Waals surface area contributed by atoms with Gasteiger partial charge in [0, 0.05) is 44.1 Å². The van der Waals surface area contributed by atoms with Crippen LogP contribution >= 0.6 is 0 Å². The molecule has 1 aromatic carbocycles. The van der Waals surface area contributed by atoms with Gasteiger partial charge in [0.15, 0.2) is 0 Å². The van der Waals surface area contributed by atoms with Crippen LogP contribution < -0.4 is 4.74 Å². The zero-order chi connectivity index (χ0) is 24.8. The van der Waals surface area contributed by atoms with Crippen molar-refractivity contribution in [2.75, 3.05) is 46.0 Å². The normalized spacial score (nSPS) is 20.5. The number of carbonyl (C=O) groups is 2. The smallest absolute Gasteiger partial charge is 0.295 e. The number of rotatable bonds is 9. The minimum Gasteiger partial charge on any atom is -0.507 e. The zero-order valence-electron chi connectivity index (χ0n) is 20.4. The van der Waals surface area contributed by atoms with Gasteiger partial charge in [0.25, 0.3) is 11.7 Å². The molecule has 0 radical (unpaired) electrons. The number of nitrogens with zero attached hydrogens (tertiary/aromatic N) is 3. The SMILES string of the molecule is CC(C)COc1ccc(C(O)=C2C(=O)C(=O)N(CCCN3CCOCC3)C2c2ccncc2)cc1. The van der Waals surface area contributed by atoms with E-state index < -0.39 is 17.7 Å². The highest BCUT2D eigenvalue weighted by atomic mass is 16.5. The topological polar surface area (TPSA) is 92.2 Å². The van der Waals surface area contributed by atoms with Gasteiger partial charge in [-0.25, -0.2) is 0 Å². The number of ketones is 1. The molecule has 0 saturated carbocycles. The fourth-order valence-corrected chi connectivity index (χ4v) is 4.42. The molecule has 0 bridgehead atoms. The summed E-state index contributed by atoms with van der Waals surface area (Å²) in [6, 6.07) is 9.83. The third-order valence-electron chi connectivity index (χ3n) is 6.25. The van der Waals surface area contributed by atoms with Crippen LogP contribution in [-0.2, 0) is 14.3 Å². The molecule has 8 heteroatoms. The number of hydrogen-bond donors (Lipinski definition) is 1. The van der Waals surface area contributed by atoms with E-state index in [0.717, 1.165) is 31.6 Å². The fourth-order valence-electron chi connectivity index (χ4n) is 4.42. The van der Waals surface area contributed by atoms with Crippen LogP contribution in [0.5, 0.6) is 5.75 Å². The molecule has 2 aromatic rings. The number of hydrogen-bond acceptors (Lipinski definition) is 7. The van der Waals surface area contributed by atoms with Crippen molar-refractivity contribution < 1.29 is 24.2 Å². The summed E-state index contributed by atoms with van der Waals surface area (Å²) in [5.74, 6) is -0.369. The van der Waals surface area contributed by atoms with E-state index in [2.05, 4.69) is 23.7 Å². The quantitative estimate of drug-likeness (QED) is 0.335. The first-order chi connectivity index (χ1) is 17.0. The Balaban J connectivity index is 1.59. The molecule has 4 rings (SSSR count). The first-order valence-electron chi connectivity index (χ1n) is 12.2. The van der Waals surface area contributed by atoms with Crippen LogP contribution in [0.25, 0.3) is 5.76 Å². The number of morpholine rings is 1. The Morgan fingerprint density at radius 3 is 2.43 bits per heavy atom. The van der Waals surface area contributed by atoms with Crippen molar-refractivity contribution >= 4 is 17.4 Å². The summed E-state index contributed by atoms with van der Waals surface area (Å²) in [6.45, 7) is 9.10. The molecule has 2 aliphatic rings. The van der Waals surface area contributed by atoms with E-state index >= 15 is 0 Å². The summed E-state index contributed by atoms with van der Waals surface area (Å²) in [5, 5.41) is 11.2. The van der Waals surface area contributed by atoms with Crippen LogP contribution in [0.3, 0.4) is 0 Å². The van der Waals surface area contributed by atoms with Gasteiger partial charge in [0.2, 0.25) is 0 Å². The summed E-state index contributed by atoms with van der Waals surface area (Å²) in [6.07, 6.45) is 3.98. The molecule has 2 saturated heterocycles. The lowest BCUT2D eigenvalue weighted by atomic mass is 9.96. The first-order valence-corrected chi connectivity index (χ1v) is 12.2. The summed E-state index contributed by atoms with van der Waals surface area (Å²) in [5.41, 5.74) is 1.31. The Morgan fingerprint density at radius 2 is 1.77 bits per heavy atom. The largest absolute Gasteiger partial charge is 0.507 e. The summed E-state index contributed by atoms with van der Waals surface area (Å²) in [7, 11) is 0. The van der Waals surface area contributed by atoms with Crippen LogP contribution in [-0.4, -0.2) is 77.6 Å². The number of amides is 1. The van der Waals surface area contributed by atoms with Crippen molar-refractivity contribution in [2.24, 2.45) is 5.92 Å². The van der Waals surface area contributed by atoms with Crippen molar-refractivity contribution in [3.8, 4) is 5.75 Å². The van der Waals surface area contributed by atoms with Gasteiger partial charge in [-0.2, -0.15) is 0 Å². The fraction of sp³-hybridized carbons (Fsp3) is 0.444. The number of Topliss-reactive ketones (excluding diaryl/α,β-unsaturated/α-hetero) is 1. The van der Waals surface area contributed by atoms with Gasteiger partial charge in [-0.3, -0.25) is 19.5 Å². The van der Waals surface area contributed by atoms with Gasteiger partial charge < -0.3 is 19.5 Å². The lowest BCUT2D eigenvalue weighted by Crippen LogP contribution is -2.38. The molecule has 1 atom stereocenters. The minimum absolute atomic E-state index is 0.100. The zero-order valence-corrected chi connectivity index (χ0v) is 20.4. The van der Waals surface area contributed by atoms with Gasteiger partial charge in [-0.1, -0.05) is 13.8 Å². The molecule has 3 heterocycles. The highest BCUT2D eigenvalue weighted by Crippen LogP contribution is 2.39. The Morgan fingerprint density at radius 1 is 1.09 bits per heavy atom. The molecule has 1 amide bonds. The summed E-state index contributed by atoms with van der Waals surface area (Å²) in [4.78, 5) is 34.2. The van der Waals surface area contributed by atoms with Crippen molar-refractivity contribution in [1.29, 1.82) is 0 Å². The standard InChI is InChI=1S/C27H33N3O5/c1-19(2)18-35-22-6-4-21(5-7-22)25(31)23-24(20-8-10-28-11-9-20)30(27(33)26(23)32)13-3-12-29-14-16-34-17-15-29/h4-11,19,24,31H,3,12-18H2,1-2H3. The molecule has 2 fully saturated rings. The number of carbonyl (C=O) groups excluding carboxylic acids is 2. The van der Waals surface area contributed by atoms with Crippen molar-refractivity contribution in [3.63, 3.8) is 0 Å². The van der Waals surface area contributed by atoms with Crippen LogP contribution in [0.1, 0.15) is 37.4 Å². The molecule has 0 aliphatic carbocycles. The molecule has 8 nitrogen and oxygen atoms in total. The maximum atomic E-state index is 13.1. The predicted octanol–water partition coefficient (Wildman–Crippen LogP) is 3.26. The van der Waals surface area contributed by atoms with Crippen LogP contribution in [0, 0.1) is 5.92 Å². The van der Waals surface area contributed by atoms with Crippen molar-refractivity contribution in [2.45, 2.75) is 26.3 Å². The van der Waals surface area contributed by atoms with Crippen LogP contribution in [0.4, 0.5) is 0 Å². The van der Waals surface area contributed by atoms with E-state index in [9.17, 15) is 14.7 Å². The van der Waals surface area contributed by atoms with Crippen LogP contribution in [0.15, 0.2) is 54.4 Å². The number of pyridine rings is 1. The maximum Gasteiger partial charge on any atom is 0.295 e. The van der Waals surface area contributed by atoms with E-state index in [1.54, 1.807) is 53.7 Å². The maximum absolute atomic E-state index is 13.1. The molecule has 35 heavy (non-hydrogen) atoms. The van der Waals surface area contributed by atoms with Gasteiger partial charge >= 0.3 is 0 Å². The number of benzene rings is 1. The number of aliphatic hydroxyl groups is 1. The molecule has 2 aliphatic heterocycles. The third-order valence-corrected chi connectivity index (χ3v) is 6.25. The minimum atomic E-state index is -0.671. The van der Waals surface area contributed by atoms with Gasteiger partial charge in [0.05, 0.1) is 31.4 Å². The number of ether oxygens (including phenoxy) is 2. The van der Waals surface area contributed by atoms with E-state index in [-0.39, 0.29) is 11.3 Å². The van der Waals surface area contributed by atoms with E-state index in [1.807, 2.05) is 0 Å². The van der Waals surface area contributed by atoms with E-state index in [0.29, 0.717) is 43.6 Å². The second-order valence-electron chi connectivity index (χ2n) is 9.31. The van der Waals surface area contributed by atoms with Crippen molar-refractivity contribution in [3.05, 3.63) is 65.5 Å². The number of aliphatic hydroxyl groups excluding tert-OH is 1. The van der Waals surface area contributed by atoms with Gasteiger partial charge in [-0.05, 0) is 54.3 Å². The highest BCUT2D eigenvalue weighted by molar-refractivity contribution is 6.46. The Kier molecular flexibility index (Phi) is 8.15. The molecule has 1 aromatic heterocycles. The first kappa shape index (κ1) is 24.9. The number of aromatic nitrogens is 1. The number of likely N-dealkylation sites (tertiary alicyclic amines) is 1. The molecular formula is C27H33N3O5. The Bertz CT molecular complexity index is 1050. The monoisotopic (exact) mass is 479 g/mol. The predicted molar refractivity (Wildman–Crippen MR) is 132 cm³/mol. The molecule has 1 unspecified atom stereocenters. The van der Waals surface area contributed by atoms with Crippen LogP contribution in [0.2, 0.25) is 0 Å². The van der Waals surface area contributed by atoms with Gasteiger partial charge in [0.1, 0.15) is 11.5 Å². The summed E-state index contributed by atoms with van der Waals surface area (Å²) < 4.78 is 11.1. The lowest BCUT2D eigenvalue weighted by Gasteiger charge is -2.29. The Labute approximate surface area is 206 Å². The van der Waals surface area contributed by atoms with E-state index in [1.165, 1.54) is 0 Å². The average Bonchev–Trinajstić information content (AvgIpc) is 3.13. The second-order valence-corrected chi connectivity index (χ2v) is 9.31. The summed E-state index contributed by atoms with van der Waals surface area (Å²) >= 11 is 0. The Hall–Kier alpha value is -3.23. The van der Waals surface area contributed by atoms with Crippen molar-refractivity contribution in [1.82, 2.24) is 14.8 Å². The molecule has 0 spiro atoms. The molecule has 1 N–H and O–H groups in total. The molecule has 186 valence electrons. The average molecular weight is 480 g/mol. The lowest BCUT2D eigenvalue weighted by molar-refractivity contribution is -0.140. The second kappa shape index (κ2) is 11.5. The molecular weight excluding hydrogens is 446 g/mol.